The van der Waals surface area contributed by atoms with Gasteiger partial charge in [-0.3, -0.25) is 9.80 Å². The lowest BCUT2D eigenvalue weighted by atomic mass is 10.1. The molecule has 104 valence electrons. The van der Waals surface area contributed by atoms with Crippen molar-refractivity contribution in [1.29, 1.82) is 0 Å². The van der Waals surface area contributed by atoms with Crippen molar-refractivity contribution in [2.24, 2.45) is 0 Å². The summed E-state index contributed by atoms with van der Waals surface area (Å²) in [6.45, 7) is 3.20. The van der Waals surface area contributed by atoms with Crippen molar-refractivity contribution in [1.82, 2.24) is 9.80 Å². The maximum atomic E-state index is 13.1. The van der Waals surface area contributed by atoms with Crippen LogP contribution in [0.15, 0.2) is 22.7 Å². The Hall–Kier alpha value is -0.450. The quantitative estimate of drug-likeness (QED) is 0.823. The Morgan fingerprint density at radius 2 is 2.05 bits per heavy atom. The van der Waals surface area contributed by atoms with E-state index in [0.29, 0.717) is 6.04 Å². The second-order valence-electron chi connectivity index (χ2n) is 5.81. The van der Waals surface area contributed by atoms with Crippen LogP contribution in [0, 0.1) is 5.82 Å². The lowest BCUT2D eigenvalue weighted by molar-refractivity contribution is 0.214. The molecule has 2 unspecified atom stereocenters. The van der Waals surface area contributed by atoms with Gasteiger partial charge in [0.25, 0.3) is 0 Å². The van der Waals surface area contributed by atoms with E-state index in [2.05, 4.69) is 32.8 Å². The normalized spacial score (nSPS) is 28.6. The van der Waals surface area contributed by atoms with Crippen LogP contribution in [0.5, 0.6) is 0 Å². The summed E-state index contributed by atoms with van der Waals surface area (Å²) in [5, 5.41) is 0. The summed E-state index contributed by atoms with van der Waals surface area (Å²) >= 11 is 3.47. The van der Waals surface area contributed by atoms with E-state index in [1.165, 1.54) is 24.8 Å². The van der Waals surface area contributed by atoms with E-state index in [0.717, 1.165) is 30.1 Å². The molecule has 2 saturated heterocycles. The van der Waals surface area contributed by atoms with E-state index in [4.69, 9.17) is 0 Å². The monoisotopic (exact) mass is 326 g/mol. The van der Waals surface area contributed by atoms with Crippen molar-refractivity contribution in [3.63, 3.8) is 0 Å². The minimum atomic E-state index is -0.176. The number of hydrogen-bond donors (Lipinski definition) is 0. The zero-order valence-corrected chi connectivity index (χ0v) is 12.9. The van der Waals surface area contributed by atoms with Crippen LogP contribution in [0.3, 0.4) is 0 Å². The van der Waals surface area contributed by atoms with Gasteiger partial charge < -0.3 is 0 Å². The molecule has 3 rings (SSSR count). The number of fused-ring (bicyclic) bond motifs is 2. The van der Waals surface area contributed by atoms with Crippen molar-refractivity contribution in [3.8, 4) is 0 Å². The molecule has 0 amide bonds. The first-order chi connectivity index (χ1) is 9.13. The summed E-state index contributed by atoms with van der Waals surface area (Å²) in [6, 6.07) is 6.48. The number of halogens is 2. The average Bonchev–Trinajstić information content (AvgIpc) is 2.60. The van der Waals surface area contributed by atoms with Gasteiger partial charge in [-0.1, -0.05) is 22.0 Å². The third kappa shape index (κ3) is 2.86. The van der Waals surface area contributed by atoms with E-state index < -0.39 is 0 Å². The number of nitrogens with zero attached hydrogens (tertiary/aromatic N) is 2. The first-order valence-corrected chi connectivity index (χ1v) is 7.81. The van der Waals surface area contributed by atoms with Crippen LogP contribution in [0.4, 0.5) is 4.39 Å². The fourth-order valence-electron chi connectivity index (χ4n) is 3.41. The van der Waals surface area contributed by atoms with Gasteiger partial charge in [-0.15, -0.1) is 0 Å². The van der Waals surface area contributed by atoms with Gasteiger partial charge in [0.05, 0.1) is 0 Å². The molecule has 0 spiro atoms. The van der Waals surface area contributed by atoms with Gasteiger partial charge in [0, 0.05) is 36.2 Å². The minimum Gasteiger partial charge on any atom is -0.299 e. The van der Waals surface area contributed by atoms with Gasteiger partial charge in [0.2, 0.25) is 0 Å². The Labute approximate surface area is 122 Å². The van der Waals surface area contributed by atoms with Crippen LogP contribution in [0.1, 0.15) is 24.8 Å². The van der Waals surface area contributed by atoms with Crippen molar-refractivity contribution in [3.05, 3.63) is 34.1 Å². The molecule has 2 nitrogen and oxygen atoms in total. The predicted octanol–water partition coefficient (Wildman–Crippen LogP) is 3.26. The smallest absolute Gasteiger partial charge is 0.124 e. The predicted molar refractivity (Wildman–Crippen MR) is 78.6 cm³/mol. The average molecular weight is 327 g/mol. The van der Waals surface area contributed by atoms with Crippen molar-refractivity contribution < 1.29 is 4.39 Å². The van der Waals surface area contributed by atoms with Crippen molar-refractivity contribution in [2.75, 3.05) is 20.1 Å². The van der Waals surface area contributed by atoms with Crippen LogP contribution in [-0.2, 0) is 6.54 Å². The Morgan fingerprint density at radius 1 is 1.26 bits per heavy atom. The highest BCUT2D eigenvalue weighted by molar-refractivity contribution is 9.10. The maximum absolute atomic E-state index is 13.1. The topological polar surface area (TPSA) is 6.48 Å². The number of benzene rings is 1. The zero-order chi connectivity index (χ0) is 13.4. The first kappa shape index (κ1) is 13.5. The largest absolute Gasteiger partial charge is 0.299 e. The highest BCUT2D eigenvalue weighted by atomic mass is 79.9. The van der Waals surface area contributed by atoms with Crippen molar-refractivity contribution in [2.45, 2.75) is 37.9 Å². The van der Waals surface area contributed by atoms with Crippen LogP contribution >= 0.6 is 15.9 Å². The molecular weight excluding hydrogens is 307 g/mol. The molecule has 2 aliphatic rings. The lowest BCUT2D eigenvalue weighted by Gasteiger charge is -2.26. The van der Waals surface area contributed by atoms with E-state index in [1.807, 2.05) is 6.07 Å². The fraction of sp³-hybridized carbons (Fsp3) is 0.600. The fourth-order valence-corrected chi connectivity index (χ4v) is 3.89. The Bertz CT molecular complexity index is 465. The number of hydrogen-bond acceptors (Lipinski definition) is 2. The lowest BCUT2D eigenvalue weighted by Crippen LogP contribution is -2.36. The van der Waals surface area contributed by atoms with Crippen LogP contribution in [-0.4, -0.2) is 42.0 Å². The van der Waals surface area contributed by atoms with Crippen molar-refractivity contribution >= 4 is 15.9 Å². The molecule has 4 heteroatoms. The molecule has 2 heterocycles. The van der Waals surface area contributed by atoms with Crippen LogP contribution < -0.4 is 0 Å². The molecule has 1 aromatic rings. The summed E-state index contributed by atoms with van der Waals surface area (Å²) in [5.41, 5.74) is 1.18. The molecule has 2 aliphatic heterocycles. The molecular formula is C15H20BrFN2. The van der Waals surface area contributed by atoms with Gasteiger partial charge in [-0.2, -0.15) is 0 Å². The highest BCUT2D eigenvalue weighted by Gasteiger charge is 2.34. The zero-order valence-electron chi connectivity index (χ0n) is 11.3. The second kappa shape index (κ2) is 5.51. The minimum absolute atomic E-state index is 0.176. The molecule has 0 radical (unpaired) electrons. The summed E-state index contributed by atoms with van der Waals surface area (Å²) in [5.74, 6) is -0.176. The van der Waals surface area contributed by atoms with Crippen LogP contribution in [0.2, 0.25) is 0 Å². The maximum Gasteiger partial charge on any atom is 0.124 e. The Morgan fingerprint density at radius 3 is 2.84 bits per heavy atom. The molecule has 19 heavy (non-hydrogen) atoms. The summed E-state index contributed by atoms with van der Waals surface area (Å²) < 4.78 is 14.0. The molecule has 1 aromatic carbocycles. The van der Waals surface area contributed by atoms with Gasteiger partial charge in [0.1, 0.15) is 5.82 Å². The van der Waals surface area contributed by atoms with Gasteiger partial charge in [-0.25, -0.2) is 4.39 Å². The highest BCUT2D eigenvalue weighted by Crippen LogP contribution is 2.29. The van der Waals surface area contributed by atoms with E-state index in [9.17, 15) is 4.39 Å². The molecule has 0 aliphatic carbocycles. The number of rotatable bonds is 2. The van der Waals surface area contributed by atoms with E-state index >= 15 is 0 Å². The summed E-state index contributed by atoms with van der Waals surface area (Å²) in [4.78, 5) is 5.07. The first-order valence-electron chi connectivity index (χ1n) is 7.01. The molecule has 2 bridgehead atoms. The molecule has 0 saturated carbocycles. The summed E-state index contributed by atoms with van der Waals surface area (Å²) in [6.07, 6.45) is 3.93. The van der Waals surface area contributed by atoms with Gasteiger partial charge >= 0.3 is 0 Å². The molecule has 0 N–H and O–H groups in total. The second-order valence-corrected chi connectivity index (χ2v) is 6.66. The Balaban J connectivity index is 1.70. The van der Waals surface area contributed by atoms with Gasteiger partial charge in [-0.05, 0) is 44.0 Å². The van der Waals surface area contributed by atoms with Crippen LogP contribution in [0.25, 0.3) is 0 Å². The molecule has 2 atom stereocenters. The third-order valence-electron chi connectivity index (χ3n) is 4.64. The standard InChI is InChI=1S/C15H20BrFN2/c1-18-13-4-5-14(18)10-19(7-6-13)9-11-2-3-12(17)8-15(11)16/h2-3,8,13-14H,4-7,9-10H2,1H3. The number of likely N-dealkylation sites (N-methyl/N-ethyl adjacent to an activating group) is 1. The summed E-state index contributed by atoms with van der Waals surface area (Å²) in [7, 11) is 2.26. The SMILES string of the molecule is CN1C2CCC1CN(Cc1ccc(F)cc1Br)CC2. The third-order valence-corrected chi connectivity index (χ3v) is 5.38. The van der Waals surface area contributed by atoms with E-state index in [1.54, 1.807) is 12.1 Å². The number of likely N-dealkylation sites (tertiary alicyclic amines) is 1. The van der Waals surface area contributed by atoms with E-state index in [-0.39, 0.29) is 5.82 Å². The Kier molecular flexibility index (Phi) is 3.92. The molecule has 2 fully saturated rings. The van der Waals surface area contributed by atoms with Gasteiger partial charge in [0.15, 0.2) is 0 Å². The molecule has 0 aromatic heterocycles.